The minimum Gasteiger partial charge on any atom is -0.452 e. The maximum Gasteiger partial charge on any atom is 0.442 e. The highest BCUT2D eigenvalue weighted by Gasteiger charge is 2.59. The Morgan fingerprint density at radius 1 is 1.13 bits per heavy atom. The maximum atomic E-state index is 14.3. The third kappa shape index (κ3) is 5.05. The van der Waals surface area contributed by atoms with Crippen molar-refractivity contribution in [1.82, 2.24) is 14.7 Å². The van der Waals surface area contributed by atoms with Crippen LogP contribution in [0.2, 0.25) is 0 Å². The van der Waals surface area contributed by atoms with Gasteiger partial charge in [-0.15, -0.1) is 5.10 Å². The van der Waals surface area contributed by atoms with E-state index in [0.717, 1.165) is 11.8 Å². The van der Waals surface area contributed by atoms with Gasteiger partial charge in [-0.25, -0.2) is 19.2 Å². The number of nitrogens with two attached hydrogens (primary N) is 1. The predicted molar refractivity (Wildman–Crippen MR) is 136 cm³/mol. The molecule has 2 N–H and O–H groups in total. The standard InChI is InChI=1S/C26H36N5O7/c1-15(2)19(27)23(33)31(14-10-11-17(31)5)24(34)29(25(35)37-6)20(16(3)4)21(32)22-28-30(26(36)38-22)18-12-8-7-9-13-18/h7-9,12-13,15-17,19-20H,10-11,14,27H2,1-6H3/q+1/t17-,19+,20+,31?/m1/s1. The number of ether oxygens (including phenoxy) is 1. The molecule has 1 aliphatic heterocycles. The first-order valence-corrected chi connectivity index (χ1v) is 12.7. The van der Waals surface area contributed by atoms with Crippen LogP contribution < -0.4 is 11.5 Å². The number of hydrogen-bond acceptors (Lipinski definition) is 9. The van der Waals surface area contributed by atoms with E-state index in [9.17, 15) is 24.0 Å². The number of imide groups is 2. The van der Waals surface area contributed by atoms with Gasteiger partial charge in [0.2, 0.25) is 5.78 Å². The fourth-order valence-electron chi connectivity index (χ4n) is 4.89. The van der Waals surface area contributed by atoms with Crippen molar-refractivity contribution in [2.45, 2.75) is 65.6 Å². The summed E-state index contributed by atoms with van der Waals surface area (Å²) in [4.78, 5) is 68.0. The van der Waals surface area contributed by atoms with E-state index in [2.05, 4.69) is 5.10 Å². The SMILES string of the molecule is COC(=O)N(C(=O)[N+]1(C(=O)[C@@H](N)C(C)C)CCC[C@H]1C)[C@H](C(=O)c1nn(-c2ccccc2)c(=O)o1)C(C)C. The highest BCUT2D eigenvalue weighted by atomic mass is 16.5. The van der Waals surface area contributed by atoms with E-state index in [1.54, 1.807) is 65.0 Å². The minimum atomic E-state index is -1.47. The quantitative estimate of drug-likeness (QED) is 0.420. The van der Waals surface area contributed by atoms with Gasteiger partial charge in [-0.2, -0.15) is 14.1 Å². The van der Waals surface area contributed by atoms with Gasteiger partial charge in [-0.05, 0) is 30.9 Å². The van der Waals surface area contributed by atoms with E-state index in [4.69, 9.17) is 14.9 Å². The van der Waals surface area contributed by atoms with Gasteiger partial charge < -0.3 is 14.9 Å². The number of aromatic nitrogens is 2. The van der Waals surface area contributed by atoms with Crippen LogP contribution >= 0.6 is 0 Å². The van der Waals surface area contributed by atoms with Gasteiger partial charge in [0.05, 0.1) is 19.3 Å². The topological polar surface area (TPSA) is 155 Å². The Labute approximate surface area is 220 Å². The molecule has 1 saturated heterocycles. The summed E-state index contributed by atoms with van der Waals surface area (Å²) in [5.74, 6) is -3.80. The number of ketones is 1. The van der Waals surface area contributed by atoms with Crippen molar-refractivity contribution < 1.29 is 32.8 Å². The lowest BCUT2D eigenvalue weighted by atomic mass is 9.97. The normalized spacial score (nSPS) is 20.8. The van der Waals surface area contributed by atoms with Gasteiger partial charge in [0.1, 0.15) is 18.1 Å². The number of carbonyl (C=O) groups excluding carboxylic acids is 4. The molecule has 4 atom stereocenters. The fourth-order valence-corrected chi connectivity index (χ4v) is 4.89. The molecule has 1 unspecified atom stereocenters. The second-order valence-electron chi connectivity index (χ2n) is 10.3. The molecule has 12 heteroatoms. The van der Waals surface area contributed by atoms with Crippen LogP contribution in [-0.4, -0.2) is 74.8 Å². The van der Waals surface area contributed by atoms with Gasteiger partial charge in [0, 0.05) is 12.8 Å². The lowest BCUT2D eigenvalue weighted by Gasteiger charge is -2.40. The third-order valence-electron chi connectivity index (χ3n) is 7.14. The summed E-state index contributed by atoms with van der Waals surface area (Å²) >= 11 is 0. The van der Waals surface area contributed by atoms with E-state index in [1.165, 1.54) is 0 Å². The highest BCUT2D eigenvalue weighted by molar-refractivity contribution is 6.03. The average Bonchev–Trinajstić information content (AvgIpc) is 3.48. The number of hydrogen-bond donors (Lipinski definition) is 1. The number of quaternary nitrogens is 1. The lowest BCUT2D eigenvalue weighted by Crippen LogP contribution is -2.70. The molecule has 2 aromatic rings. The Morgan fingerprint density at radius 3 is 2.26 bits per heavy atom. The molecular formula is C26H36N5O7+. The monoisotopic (exact) mass is 530 g/mol. The third-order valence-corrected chi connectivity index (χ3v) is 7.14. The van der Waals surface area contributed by atoms with Gasteiger partial charge in [-0.3, -0.25) is 4.79 Å². The van der Waals surface area contributed by atoms with Crippen molar-refractivity contribution in [3.63, 3.8) is 0 Å². The molecule has 1 aliphatic rings. The van der Waals surface area contributed by atoms with Crippen LogP contribution in [0.25, 0.3) is 5.69 Å². The van der Waals surface area contributed by atoms with Crippen LogP contribution in [-0.2, 0) is 9.53 Å². The van der Waals surface area contributed by atoms with E-state index in [1.807, 2.05) is 0 Å². The van der Waals surface area contributed by atoms with Crippen LogP contribution in [0, 0.1) is 11.8 Å². The average molecular weight is 531 g/mol. The Balaban J connectivity index is 2.12. The first-order chi connectivity index (χ1) is 17.9. The molecule has 0 spiro atoms. The summed E-state index contributed by atoms with van der Waals surface area (Å²) in [5, 5.41) is 4.03. The molecule has 0 saturated carbocycles. The molecule has 0 radical (unpaired) electrons. The van der Waals surface area contributed by atoms with E-state index < -0.39 is 64.0 Å². The summed E-state index contributed by atoms with van der Waals surface area (Å²) in [6.45, 7) is 8.67. The number of methoxy groups -OCH3 is 1. The molecule has 206 valence electrons. The zero-order valence-electron chi connectivity index (χ0n) is 22.6. The van der Waals surface area contributed by atoms with E-state index in [0.29, 0.717) is 23.4 Å². The maximum absolute atomic E-state index is 14.3. The summed E-state index contributed by atoms with van der Waals surface area (Å²) in [5.41, 5.74) is 6.58. The summed E-state index contributed by atoms with van der Waals surface area (Å²) in [6, 6.07) is 4.51. The van der Waals surface area contributed by atoms with Crippen LogP contribution in [0.5, 0.6) is 0 Å². The number of benzene rings is 1. The molecule has 1 aromatic carbocycles. The summed E-state index contributed by atoms with van der Waals surface area (Å²) in [7, 11) is 1.08. The van der Waals surface area contributed by atoms with Gasteiger partial charge in [0.25, 0.3) is 5.89 Å². The number of likely N-dealkylation sites (tertiary alicyclic amines) is 1. The lowest BCUT2D eigenvalue weighted by molar-refractivity contribution is -0.788. The fraction of sp³-hybridized carbons (Fsp3) is 0.538. The Bertz CT molecular complexity index is 1250. The van der Waals surface area contributed by atoms with Crippen molar-refractivity contribution in [3.8, 4) is 5.69 Å². The molecule has 1 fully saturated rings. The molecule has 4 amide bonds. The largest absolute Gasteiger partial charge is 0.452 e. The molecule has 2 heterocycles. The van der Waals surface area contributed by atoms with E-state index >= 15 is 0 Å². The summed E-state index contributed by atoms with van der Waals surface area (Å²) < 4.78 is 10.3. The van der Waals surface area contributed by atoms with Crippen molar-refractivity contribution in [1.29, 1.82) is 0 Å². The Hall–Kier alpha value is -3.64. The van der Waals surface area contributed by atoms with Crippen molar-refractivity contribution in [2.75, 3.05) is 13.7 Å². The Morgan fingerprint density at radius 2 is 1.76 bits per heavy atom. The molecule has 1 aromatic heterocycles. The van der Waals surface area contributed by atoms with Crippen molar-refractivity contribution >= 4 is 23.8 Å². The number of para-hydroxylation sites is 1. The predicted octanol–water partition coefficient (Wildman–Crippen LogP) is 2.73. The van der Waals surface area contributed by atoms with Crippen LogP contribution in [0.15, 0.2) is 39.5 Å². The number of nitrogens with zero attached hydrogens (tertiary/aromatic N) is 4. The van der Waals surface area contributed by atoms with Gasteiger partial charge in [-0.1, -0.05) is 45.9 Å². The van der Waals surface area contributed by atoms with Gasteiger partial charge >= 0.3 is 23.8 Å². The highest BCUT2D eigenvalue weighted by Crippen LogP contribution is 2.33. The number of rotatable bonds is 7. The Kier molecular flexibility index (Phi) is 8.68. The van der Waals surface area contributed by atoms with Gasteiger partial charge in [0.15, 0.2) is 0 Å². The van der Waals surface area contributed by atoms with Crippen molar-refractivity contribution in [2.24, 2.45) is 17.6 Å². The minimum absolute atomic E-state index is 0.128. The smallest absolute Gasteiger partial charge is 0.442 e. The molecule has 0 bridgehead atoms. The molecule has 38 heavy (non-hydrogen) atoms. The zero-order valence-corrected chi connectivity index (χ0v) is 22.6. The number of urea groups is 1. The van der Waals surface area contributed by atoms with Crippen LogP contribution in [0.3, 0.4) is 0 Å². The molecule has 12 nitrogen and oxygen atoms in total. The second-order valence-corrected chi connectivity index (χ2v) is 10.3. The molecule has 3 rings (SSSR count). The van der Waals surface area contributed by atoms with Crippen molar-refractivity contribution in [3.05, 3.63) is 46.8 Å². The first-order valence-electron chi connectivity index (χ1n) is 12.7. The molecular weight excluding hydrogens is 494 g/mol. The second kappa shape index (κ2) is 11.4. The summed E-state index contributed by atoms with van der Waals surface area (Å²) in [6.07, 6.45) is -0.0160. The number of Topliss-reactive ketones (excluding diaryl/α,β-unsaturated/α-hetero) is 1. The van der Waals surface area contributed by atoms with Crippen LogP contribution in [0.4, 0.5) is 9.59 Å². The van der Waals surface area contributed by atoms with E-state index in [-0.39, 0.29) is 12.5 Å². The number of carbonyl (C=O) groups is 4. The zero-order chi connectivity index (χ0) is 28.4. The molecule has 0 aliphatic carbocycles. The number of amides is 4. The first kappa shape index (κ1) is 28.9. The van der Waals surface area contributed by atoms with Crippen LogP contribution in [0.1, 0.15) is 58.1 Å².